The van der Waals surface area contributed by atoms with E-state index in [1.54, 1.807) is 0 Å². The molecular formula is C20H18N2. The highest BCUT2D eigenvalue weighted by atomic mass is 14.7. The van der Waals surface area contributed by atoms with Gasteiger partial charge in [-0.2, -0.15) is 5.26 Å². The summed E-state index contributed by atoms with van der Waals surface area (Å²) in [6, 6.07) is 18.8. The van der Waals surface area contributed by atoms with Gasteiger partial charge in [0.2, 0.25) is 0 Å². The van der Waals surface area contributed by atoms with E-state index in [-0.39, 0.29) is 0 Å². The molecule has 0 amide bonds. The second-order valence-electron chi connectivity index (χ2n) is 5.58. The Labute approximate surface area is 131 Å². The quantitative estimate of drug-likeness (QED) is 0.718. The highest BCUT2D eigenvalue weighted by Gasteiger charge is 2.04. The maximum absolute atomic E-state index is 8.79. The van der Waals surface area contributed by atoms with Crippen molar-refractivity contribution >= 4 is 11.8 Å². The number of benzene rings is 2. The molecule has 0 radical (unpaired) electrons. The van der Waals surface area contributed by atoms with Crippen molar-refractivity contribution in [2.75, 3.05) is 0 Å². The van der Waals surface area contributed by atoms with E-state index >= 15 is 0 Å². The Morgan fingerprint density at radius 3 is 2.27 bits per heavy atom. The molecule has 0 N–H and O–H groups in total. The van der Waals surface area contributed by atoms with Crippen molar-refractivity contribution in [3.8, 4) is 6.07 Å². The van der Waals surface area contributed by atoms with Crippen LogP contribution in [0.1, 0.15) is 35.1 Å². The molecule has 1 heterocycles. The van der Waals surface area contributed by atoms with Crippen LogP contribution in [0.3, 0.4) is 0 Å². The number of nitriles is 1. The Bertz CT molecular complexity index is 746. The van der Waals surface area contributed by atoms with Gasteiger partial charge >= 0.3 is 0 Å². The fourth-order valence-electron chi connectivity index (χ4n) is 2.61. The smallest absolute Gasteiger partial charge is 0.0991 e. The number of hydrogen-bond acceptors (Lipinski definition) is 2. The monoisotopic (exact) mass is 286 g/mol. The van der Waals surface area contributed by atoms with Crippen molar-refractivity contribution in [3.05, 3.63) is 77.0 Å². The van der Waals surface area contributed by atoms with Gasteiger partial charge in [-0.1, -0.05) is 36.4 Å². The van der Waals surface area contributed by atoms with E-state index < -0.39 is 0 Å². The van der Waals surface area contributed by atoms with Crippen LogP contribution < -0.4 is 0 Å². The molecule has 108 valence electrons. The van der Waals surface area contributed by atoms with E-state index in [1.165, 1.54) is 35.1 Å². The average Bonchev–Trinajstić information content (AvgIpc) is 2.51. The van der Waals surface area contributed by atoms with Crippen LogP contribution in [0, 0.1) is 11.3 Å². The molecule has 2 heteroatoms. The SMILES string of the molecule is N#Cc1ccc(CCCCc2cccc(C3=CN=C3)c2)cc1. The van der Waals surface area contributed by atoms with Crippen LogP contribution in [0.25, 0.3) is 5.57 Å². The first-order valence-electron chi connectivity index (χ1n) is 7.67. The molecule has 2 aromatic carbocycles. The van der Waals surface area contributed by atoms with Crippen LogP contribution in [-0.2, 0) is 12.8 Å². The Morgan fingerprint density at radius 1 is 0.909 bits per heavy atom. The molecule has 3 rings (SSSR count). The van der Waals surface area contributed by atoms with Gasteiger partial charge in [0, 0.05) is 18.0 Å². The number of unbranched alkanes of at least 4 members (excludes halogenated alkanes) is 1. The largest absolute Gasteiger partial charge is 0.263 e. The van der Waals surface area contributed by atoms with E-state index in [0.717, 1.165) is 18.4 Å². The van der Waals surface area contributed by atoms with E-state index in [0.29, 0.717) is 0 Å². The van der Waals surface area contributed by atoms with E-state index in [4.69, 9.17) is 5.26 Å². The molecule has 2 nitrogen and oxygen atoms in total. The van der Waals surface area contributed by atoms with Crippen LogP contribution in [0.15, 0.2) is 59.7 Å². The highest BCUT2D eigenvalue weighted by Crippen LogP contribution is 2.20. The Morgan fingerprint density at radius 2 is 1.64 bits per heavy atom. The standard InChI is InChI=1S/C20H18N2/c21-13-18-10-8-16(9-11-18)4-1-2-5-17-6-3-7-19(12-17)20-14-22-15-20/h3,6-12,14-15H,1-2,4-5H2. The normalized spacial score (nSPS) is 12.4. The van der Waals surface area contributed by atoms with Gasteiger partial charge in [-0.3, -0.25) is 4.99 Å². The zero-order valence-electron chi connectivity index (χ0n) is 12.5. The summed E-state index contributed by atoms with van der Waals surface area (Å²) in [5.74, 6) is 0. The van der Waals surface area contributed by atoms with Crippen LogP contribution in [0.2, 0.25) is 0 Å². The summed E-state index contributed by atoms with van der Waals surface area (Å²) in [5.41, 5.74) is 5.91. The van der Waals surface area contributed by atoms with Crippen LogP contribution in [0.4, 0.5) is 0 Å². The third kappa shape index (κ3) is 3.51. The van der Waals surface area contributed by atoms with Crippen molar-refractivity contribution in [3.63, 3.8) is 0 Å². The predicted octanol–water partition coefficient (Wildman–Crippen LogP) is 4.55. The Kier molecular flexibility index (Phi) is 4.46. The summed E-state index contributed by atoms with van der Waals surface area (Å²) < 4.78 is 0. The van der Waals surface area contributed by atoms with Gasteiger partial charge in [0.15, 0.2) is 0 Å². The summed E-state index contributed by atoms with van der Waals surface area (Å²) in [6.07, 6.45) is 8.34. The van der Waals surface area contributed by atoms with Gasteiger partial charge in [-0.15, -0.1) is 0 Å². The summed E-state index contributed by atoms with van der Waals surface area (Å²) in [7, 11) is 0. The maximum atomic E-state index is 8.79. The second-order valence-corrected chi connectivity index (χ2v) is 5.58. The number of hydrogen-bond donors (Lipinski definition) is 0. The molecule has 0 spiro atoms. The second kappa shape index (κ2) is 6.87. The van der Waals surface area contributed by atoms with Crippen molar-refractivity contribution in [1.82, 2.24) is 0 Å². The first-order chi connectivity index (χ1) is 10.8. The molecular weight excluding hydrogens is 268 g/mol. The lowest BCUT2D eigenvalue weighted by Gasteiger charge is -2.09. The topological polar surface area (TPSA) is 36.1 Å². The van der Waals surface area contributed by atoms with Crippen molar-refractivity contribution in [2.24, 2.45) is 4.99 Å². The number of allylic oxidation sites excluding steroid dienone is 1. The number of aryl methyl sites for hydroxylation is 2. The molecule has 0 fully saturated rings. The molecule has 1 aliphatic heterocycles. The summed E-state index contributed by atoms with van der Waals surface area (Å²) in [6.45, 7) is 0. The molecule has 22 heavy (non-hydrogen) atoms. The number of nitrogens with zero attached hydrogens (tertiary/aromatic N) is 2. The number of rotatable bonds is 6. The predicted molar refractivity (Wildman–Crippen MR) is 90.7 cm³/mol. The van der Waals surface area contributed by atoms with Crippen LogP contribution in [-0.4, -0.2) is 6.21 Å². The summed E-state index contributed by atoms with van der Waals surface area (Å²) in [4.78, 5) is 4.02. The fraction of sp³-hybridized carbons (Fsp3) is 0.200. The van der Waals surface area contributed by atoms with E-state index in [1.807, 2.05) is 24.5 Å². The van der Waals surface area contributed by atoms with Crippen molar-refractivity contribution in [1.29, 1.82) is 5.26 Å². The zero-order valence-corrected chi connectivity index (χ0v) is 12.5. The van der Waals surface area contributed by atoms with Crippen molar-refractivity contribution in [2.45, 2.75) is 25.7 Å². The van der Waals surface area contributed by atoms with Gasteiger partial charge in [0.05, 0.1) is 11.6 Å². The lowest BCUT2D eigenvalue weighted by molar-refractivity contribution is 0.734. The Hall–Kier alpha value is -2.66. The molecule has 0 saturated carbocycles. The van der Waals surface area contributed by atoms with Crippen LogP contribution in [0.5, 0.6) is 0 Å². The Balaban J connectivity index is 1.47. The lowest BCUT2D eigenvalue weighted by Crippen LogP contribution is -1.95. The summed E-state index contributed by atoms with van der Waals surface area (Å²) in [5, 5.41) is 8.79. The maximum Gasteiger partial charge on any atom is 0.0991 e. The lowest BCUT2D eigenvalue weighted by atomic mass is 9.99. The van der Waals surface area contributed by atoms with Crippen molar-refractivity contribution < 1.29 is 0 Å². The van der Waals surface area contributed by atoms with E-state index in [9.17, 15) is 0 Å². The fourth-order valence-corrected chi connectivity index (χ4v) is 2.61. The molecule has 0 unspecified atom stereocenters. The highest BCUT2D eigenvalue weighted by molar-refractivity contribution is 6.14. The summed E-state index contributed by atoms with van der Waals surface area (Å²) >= 11 is 0. The molecule has 0 aromatic heterocycles. The minimum atomic E-state index is 0.731. The molecule has 1 aliphatic rings. The third-order valence-electron chi connectivity index (χ3n) is 3.95. The third-order valence-corrected chi connectivity index (χ3v) is 3.95. The molecule has 0 bridgehead atoms. The van der Waals surface area contributed by atoms with Gasteiger partial charge in [-0.05, 0) is 54.5 Å². The molecule has 2 aromatic rings. The van der Waals surface area contributed by atoms with E-state index in [2.05, 4.69) is 47.5 Å². The molecule has 0 atom stereocenters. The van der Waals surface area contributed by atoms with Gasteiger partial charge in [-0.25, -0.2) is 0 Å². The first-order valence-corrected chi connectivity index (χ1v) is 7.67. The van der Waals surface area contributed by atoms with Crippen LogP contribution >= 0.6 is 0 Å². The first kappa shape index (κ1) is 14.3. The number of aliphatic imine (C=N–C) groups is 1. The zero-order chi connectivity index (χ0) is 15.2. The molecule has 0 saturated heterocycles. The minimum Gasteiger partial charge on any atom is -0.263 e. The minimum absolute atomic E-state index is 0.731. The molecule has 0 aliphatic carbocycles. The van der Waals surface area contributed by atoms with Gasteiger partial charge in [0.1, 0.15) is 0 Å². The average molecular weight is 286 g/mol. The van der Waals surface area contributed by atoms with Gasteiger partial charge in [0.25, 0.3) is 0 Å². The van der Waals surface area contributed by atoms with Gasteiger partial charge < -0.3 is 0 Å².